The van der Waals surface area contributed by atoms with E-state index in [1.807, 2.05) is 0 Å². The zero-order chi connectivity index (χ0) is 13.7. The molecule has 0 aliphatic heterocycles. The van der Waals surface area contributed by atoms with E-state index in [-0.39, 0.29) is 18.6 Å². The van der Waals surface area contributed by atoms with Crippen molar-refractivity contribution in [3.63, 3.8) is 0 Å². The number of hydrogen-bond acceptors (Lipinski definition) is 5. The first-order valence-electron chi connectivity index (χ1n) is 5.35. The van der Waals surface area contributed by atoms with E-state index in [1.54, 1.807) is 6.92 Å². The van der Waals surface area contributed by atoms with Crippen molar-refractivity contribution >= 4 is 21.9 Å². The van der Waals surface area contributed by atoms with Crippen molar-refractivity contribution in [3.05, 3.63) is 32.7 Å². The number of rotatable bonds is 5. The van der Waals surface area contributed by atoms with E-state index in [0.717, 1.165) is 0 Å². The molecule has 2 unspecified atom stereocenters. The molecule has 100 valence electrons. The number of pyridine rings is 1. The molecule has 6 nitrogen and oxygen atoms in total. The molecule has 0 aromatic carbocycles. The Kier molecular flexibility index (Phi) is 5.52. The van der Waals surface area contributed by atoms with Gasteiger partial charge in [-0.1, -0.05) is 0 Å². The van der Waals surface area contributed by atoms with Gasteiger partial charge in [-0.3, -0.25) is 9.59 Å². The van der Waals surface area contributed by atoms with E-state index in [0.29, 0.717) is 4.47 Å². The van der Waals surface area contributed by atoms with Crippen LogP contribution in [0.15, 0.2) is 21.5 Å². The number of ether oxygens (including phenoxy) is 1. The topological polar surface area (TPSA) is 99.6 Å². The van der Waals surface area contributed by atoms with Gasteiger partial charge in [0, 0.05) is 16.2 Å². The van der Waals surface area contributed by atoms with Gasteiger partial charge in [0.25, 0.3) is 5.56 Å². The van der Waals surface area contributed by atoms with Gasteiger partial charge in [-0.2, -0.15) is 0 Å². The van der Waals surface area contributed by atoms with Crippen LogP contribution in [-0.4, -0.2) is 33.9 Å². The van der Waals surface area contributed by atoms with Crippen LogP contribution in [-0.2, 0) is 9.53 Å². The summed E-state index contributed by atoms with van der Waals surface area (Å²) < 4.78 is 5.20. The van der Waals surface area contributed by atoms with Gasteiger partial charge in [-0.05, 0) is 28.9 Å². The number of aliphatic hydroxyl groups is 2. The van der Waals surface area contributed by atoms with Gasteiger partial charge in [-0.15, -0.1) is 0 Å². The summed E-state index contributed by atoms with van der Waals surface area (Å²) in [4.78, 5) is 25.0. The Bertz CT molecular complexity index is 473. The Morgan fingerprint density at radius 3 is 2.83 bits per heavy atom. The molecule has 1 aromatic rings. The summed E-state index contributed by atoms with van der Waals surface area (Å²) in [6.45, 7) is 1.83. The van der Waals surface area contributed by atoms with Crippen molar-refractivity contribution in [2.75, 3.05) is 6.61 Å². The second-order valence-corrected chi connectivity index (χ2v) is 4.54. The number of aliphatic hydroxyl groups excluding tert-OH is 2. The number of halogens is 1. The second-order valence-electron chi connectivity index (χ2n) is 3.62. The average Bonchev–Trinajstić information content (AvgIpc) is 2.31. The van der Waals surface area contributed by atoms with E-state index in [4.69, 9.17) is 0 Å². The zero-order valence-electron chi connectivity index (χ0n) is 9.72. The van der Waals surface area contributed by atoms with Crippen LogP contribution in [0, 0.1) is 0 Å². The van der Waals surface area contributed by atoms with Crippen molar-refractivity contribution in [1.82, 2.24) is 4.98 Å². The molecular formula is C11H14BrNO5. The Morgan fingerprint density at radius 1 is 1.56 bits per heavy atom. The van der Waals surface area contributed by atoms with Crippen LogP contribution < -0.4 is 5.56 Å². The minimum absolute atomic E-state index is 0.0128. The normalized spacial score (nSPS) is 14.0. The van der Waals surface area contributed by atoms with E-state index < -0.39 is 23.7 Å². The lowest BCUT2D eigenvalue weighted by molar-refractivity contribution is -0.147. The first-order chi connectivity index (χ1) is 8.45. The summed E-state index contributed by atoms with van der Waals surface area (Å²) in [5.41, 5.74) is -0.533. The van der Waals surface area contributed by atoms with Crippen molar-refractivity contribution in [3.8, 4) is 0 Å². The molecule has 0 aliphatic carbocycles. The second kappa shape index (κ2) is 6.67. The lowest BCUT2D eigenvalue weighted by atomic mass is 10.0. The number of carbonyl (C=O) groups excluding carboxylic acids is 1. The van der Waals surface area contributed by atoms with Gasteiger partial charge in [0.2, 0.25) is 0 Å². The van der Waals surface area contributed by atoms with Crippen LogP contribution >= 0.6 is 15.9 Å². The van der Waals surface area contributed by atoms with E-state index >= 15 is 0 Å². The maximum absolute atomic E-state index is 11.5. The molecule has 0 radical (unpaired) electrons. The standard InChI is InChI=1S/C11H14BrNO5/c1-2-18-9(15)4-8(14)10(16)7-3-6(12)5-13-11(7)17/h3,5,8,10,14,16H,2,4H2,1H3,(H,13,17). The molecule has 0 bridgehead atoms. The molecular weight excluding hydrogens is 306 g/mol. The summed E-state index contributed by atoms with van der Waals surface area (Å²) in [5.74, 6) is -0.629. The predicted octanol–water partition coefficient (Wildman–Crippen LogP) is 0.485. The molecule has 0 fully saturated rings. The third-order valence-electron chi connectivity index (χ3n) is 2.26. The molecule has 0 aliphatic rings. The number of hydrogen-bond donors (Lipinski definition) is 3. The summed E-state index contributed by atoms with van der Waals surface area (Å²) in [5, 5.41) is 19.5. The Balaban J connectivity index is 2.80. The minimum Gasteiger partial charge on any atom is -0.466 e. The molecule has 18 heavy (non-hydrogen) atoms. The largest absolute Gasteiger partial charge is 0.466 e. The summed E-state index contributed by atoms with van der Waals surface area (Å²) >= 11 is 3.13. The van der Waals surface area contributed by atoms with Gasteiger partial charge in [0.15, 0.2) is 0 Å². The lowest BCUT2D eigenvalue weighted by Crippen LogP contribution is -2.27. The highest BCUT2D eigenvalue weighted by Crippen LogP contribution is 2.18. The van der Waals surface area contributed by atoms with Crippen LogP contribution in [0.1, 0.15) is 25.0 Å². The quantitative estimate of drug-likeness (QED) is 0.686. The fraction of sp³-hybridized carbons (Fsp3) is 0.455. The van der Waals surface area contributed by atoms with Gasteiger partial charge >= 0.3 is 5.97 Å². The molecule has 0 spiro atoms. The Hall–Kier alpha value is -1.18. The smallest absolute Gasteiger partial charge is 0.308 e. The molecule has 3 N–H and O–H groups in total. The van der Waals surface area contributed by atoms with E-state index in [2.05, 4.69) is 25.7 Å². The molecule has 0 saturated heterocycles. The van der Waals surface area contributed by atoms with E-state index in [9.17, 15) is 19.8 Å². The van der Waals surface area contributed by atoms with Crippen LogP contribution in [0.5, 0.6) is 0 Å². The fourth-order valence-corrected chi connectivity index (χ4v) is 1.76. The number of nitrogens with one attached hydrogen (secondary N) is 1. The highest BCUT2D eigenvalue weighted by atomic mass is 79.9. The highest BCUT2D eigenvalue weighted by molar-refractivity contribution is 9.10. The van der Waals surface area contributed by atoms with Crippen LogP contribution in [0.4, 0.5) is 0 Å². The molecule has 7 heteroatoms. The average molecular weight is 320 g/mol. The SMILES string of the molecule is CCOC(=O)CC(O)C(O)c1cc(Br)c[nH]c1=O. The molecule has 0 amide bonds. The number of H-pyrrole nitrogens is 1. The first kappa shape index (κ1) is 14.9. The van der Waals surface area contributed by atoms with Gasteiger partial charge in [-0.25, -0.2) is 0 Å². The van der Waals surface area contributed by atoms with Crippen LogP contribution in [0.2, 0.25) is 0 Å². The number of aromatic nitrogens is 1. The molecule has 0 saturated carbocycles. The van der Waals surface area contributed by atoms with Crippen molar-refractivity contribution in [1.29, 1.82) is 0 Å². The monoisotopic (exact) mass is 319 g/mol. The molecule has 1 rings (SSSR count). The highest BCUT2D eigenvalue weighted by Gasteiger charge is 2.24. The Morgan fingerprint density at radius 2 is 2.22 bits per heavy atom. The van der Waals surface area contributed by atoms with Gasteiger partial charge < -0.3 is 19.9 Å². The molecule has 1 aromatic heterocycles. The van der Waals surface area contributed by atoms with E-state index in [1.165, 1.54) is 12.3 Å². The number of aromatic amines is 1. The van der Waals surface area contributed by atoms with Crippen LogP contribution in [0.3, 0.4) is 0 Å². The zero-order valence-corrected chi connectivity index (χ0v) is 11.3. The summed E-state index contributed by atoms with van der Waals surface area (Å²) in [7, 11) is 0. The van der Waals surface area contributed by atoms with Crippen LogP contribution in [0.25, 0.3) is 0 Å². The van der Waals surface area contributed by atoms with Crippen molar-refractivity contribution < 1.29 is 19.7 Å². The van der Waals surface area contributed by atoms with Crippen molar-refractivity contribution in [2.24, 2.45) is 0 Å². The maximum Gasteiger partial charge on any atom is 0.308 e. The lowest BCUT2D eigenvalue weighted by Gasteiger charge is -2.16. The fourth-order valence-electron chi connectivity index (χ4n) is 1.40. The predicted molar refractivity (Wildman–Crippen MR) is 67.0 cm³/mol. The first-order valence-corrected chi connectivity index (χ1v) is 6.15. The summed E-state index contributed by atoms with van der Waals surface area (Å²) in [6, 6.07) is 1.39. The third-order valence-corrected chi connectivity index (χ3v) is 2.72. The van der Waals surface area contributed by atoms with Crippen molar-refractivity contribution in [2.45, 2.75) is 25.6 Å². The third kappa shape index (κ3) is 3.94. The molecule has 1 heterocycles. The van der Waals surface area contributed by atoms with Gasteiger partial charge in [0.05, 0.1) is 19.1 Å². The van der Waals surface area contributed by atoms with Gasteiger partial charge in [0.1, 0.15) is 6.10 Å². The number of carbonyl (C=O) groups is 1. The molecule has 2 atom stereocenters. The summed E-state index contributed by atoms with van der Waals surface area (Å²) in [6.07, 6.45) is -1.80. The minimum atomic E-state index is -1.45. The maximum atomic E-state index is 11.5. The number of esters is 1. The Labute approximate surface area is 112 Å².